The molecule has 0 spiro atoms. The number of nitrogens with zero attached hydrogens (tertiary/aromatic N) is 5. The fourth-order valence-electron chi connectivity index (χ4n) is 3.91. The van der Waals surface area contributed by atoms with E-state index in [2.05, 4.69) is 9.88 Å². The monoisotopic (exact) mass is 479 g/mol. The second-order valence-corrected chi connectivity index (χ2v) is 10.6. The average Bonchev–Trinajstić information content (AvgIpc) is 3.17. The van der Waals surface area contributed by atoms with Crippen LogP contribution >= 0.6 is 0 Å². The SMILES string of the molecule is CC(C)(C)OC(=O)N1CCN(c2nccc(-c3cn(C(=O)OC(C)(C)C)c4ccccc34)n2)CC1. The lowest BCUT2D eigenvalue weighted by atomic mass is 10.1. The lowest BCUT2D eigenvalue weighted by Gasteiger charge is -2.35. The van der Waals surface area contributed by atoms with E-state index in [4.69, 9.17) is 14.5 Å². The average molecular weight is 480 g/mol. The van der Waals surface area contributed by atoms with Crippen LogP contribution in [0.3, 0.4) is 0 Å². The van der Waals surface area contributed by atoms with E-state index < -0.39 is 17.3 Å². The zero-order chi connectivity index (χ0) is 25.4. The number of hydrogen-bond donors (Lipinski definition) is 0. The number of fused-ring (bicyclic) bond motifs is 1. The predicted octanol–water partition coefficient (Wildman–Crippen LogP) is 4.94. The maximum atomic E-state index is 12.9. The summed E-state index contributed by atoms with van der Waals surface area (Å²) in [5.41, 5.74) is 1.16. The molecule has 1 aliphatic heterocycles. The van der Waals surface area contributed by atoms with Crippen LogP contribution in [0, 0.1) is 0 Å². The van der Waals surface area contributed by atoms with Crippen molar-refractivity contribution in [2.24, 2.45) is 0 Å². The molecule has 0 bridgehead atoms. The van der Waals surface area contributed by atoms with Gasteiger partial charge in [0.15, 0.2) is 0 Å². The van der Waals surface area contributed by atoms with Crippen LogP contribution < -0.4 is 4.90 Å². The van der Waals surface area contributed by atoms with Gasteiger partial charge in [-0.3, -0.25) is 4.57 Å². The molecule has 1 amide bonds. The largest absolute Gasteiger partial charge is 0.444 e. The van der Waals surface area contributed by atoms with Crippen molar-refractivity contribution in [3.8, 4) is 11.3 Å². The number of ether oxygens (including phenoxy) is 2. The van der Waals surface area contributed by atoms with E-state index in [1.165, 1.54) is 4.57 Å². The Labute approximate surface area is 205 Å². The van der Waals surface area contributed by atoms with Crippen LogP contribution in [-0.2, 0) is 9.47 Å². The molecule has 2 aromatic heterocycles. The maximum Gasteiger partial charge on any atom is 0.419 e. The Hall–Kier alpha value is -3.62. The van der Waals surface area contributed by atoms with Gasteiger partial charge in [0.1, 0.15) is 11.2 Å². The molecule has 9 heteroatoms. The third-order valence-corrected chi connectivity index (χ3v) is 5.44. The van der Waals surface area contributed by atoms with Crippen molar-refractivity contribution in [3.05, 3.63) is 42.7 Å². The molecule has 1 fully saturated rings. The fraction of sp³-hybridized carbons (Fsp3) is 0.462. The number of carbonyl (C=O) groups excluding carboxylic acids is 2. The molecule has 0 N–H and O–H groups in total. The van der Waals surface area contributed by atoms with Crippen molar-refractivity contribution in [2.45, 2.75) is 52.7 Å². The number of benzene rings is 1. The minimum atomic E-state index is -0.605. The maximum absolute atomic E-state index is 12.9. The van der Waals surface area contributed by atoms with Gasteiger partial charge in [-0.25, -0.2) is 19.6 Å². The zero-order valence-corrected chi connectivity index (χ0v) is 21.2. The zero-order valence-electron chi connectivity index (χ0n) is 21.2. The quantitative estimate of drug-likeness (QED) is 0.514. The van der Waals surface area contributed by atoms with Crippen LogP contribution in [0.15, 0.2) is 42.7 Å². The first-order valence-corrected chi connectivity index (χ1v) is 11.8. The molecule has 9 nitrogen and oxygen atoms in total. The van der Waals surface area contributed by atoms with Gasteiger partial charge < -0.3 is 19.3 Å². The van der Waals surface area contributed by atoms with Gasteiger partial charge >= 0.3 is 12.2 Å². The standard InChI is InChI=1S/C26H33N5O4/c1-25(2,3)34-23(32)30-15-13-29(14-16-30)22-27-12-11-20(28-22)19-17-31(24(33)35-26(4,5)6)21-10-8-7-9-18(19)21/h7-12,17H,13-16H2,1-6H3. The van der Waals surface area contributed by atoms with E-state index in [-0.39, 0.29) is 6.09 Å². The highest BCUT2D eigenvalue weighted by molar-refractivity contribution is 6.00. The normalized spacial score (nSPS) is 14.8. The minimum Gasteiger partial charge on any atom is -0.444 e. The summed E-state index contributed by atoms with van der Waals surface area (Å²) >= 11 is 0. The number of aromatic nitrogens is 3. The summed E-state index contributed by atoms with van der Waals surface area (Å²) < 4.78 is 12.6. The fourth-order valence-corrected chi connectivity index (χ4v) is 3.91. The van der Waals surface area contributed by atoms with Gasteiger partial charge in [0.25, 0.3) is 0 Å². The third-order valence-electron chi connectivity index (χ3n) is 5.44. The Morgan fingerprint density at radius 2 is 1.49 bits per heavy atom. The highest BCUT2D eigenvalue weighted by atomic mass is 16.6. The first-order chi connectivity index (χ1) is 16.4. The second-order valence-electron chi connectivity index (χ2n) is 10.6. The number of hydrogen-bond acceptors (Lipinski definition) is 7. The van der Waals surface area contributed by atoms with E-state index in [9.17, 15) is 9.59 Å². The Morgan fingerprint density at radius 3 is 2.14 bits per heavy atom. The lowest BCUT2D eigenvalue weighted by molar-refractivity contribution is 0.0239. The number of piperazine rings is 1. The third kappa shape index (κ3) is 5.72. The highest BCUT2D eigenvalue weighted by Gasteiger charge is 2.27. The van der Waals surface area contributed by atoms with E-state index in [1.807, 2.05) is 71.9 Å². The smallest absolute Gasteiger partial charge is 0.419 e. The molecular formula is C26H33N5O4. The van der Waals surface area contributed by atoms with Gasteiger partial charge in [0, 0.05) is 49.5 Å². The summed E-state index contributed by atoms with van der Waals surface area (Å²) in [4.78, 5) is 38.3. The summed E-state index contributed by atoms with van der Waals surface area (Å²) in [6.45, 7) is 13.4. The molecule has 1 aromatic carbocycles. The van der Waals surface area contributed by atoms with Crippen molar-refractivity contribution in [2.75, 3.05) is 31.1 Å². The Bertz CT molecular complexity index is 1230. The van der Waals surface area contributed by atoms with Crippen molar-refractivity contribution in [1.82, 2.24) is 19.4 Å². The number of rotatable bonds is 2. The van der Waals surface area contributed by atoms with Crippen molar-refractivity contribution >= 4 is 29.0 Å². The molecule has 0 radical (unpaired) electrons. The van der Waals surface area contributed by atoms with Gasteiger partial charge in [-0.05, 0) is 53.7 Å². The van der Waals surface area contributed by atoms with Gasteiger partial charge in [-0.15, -0.1) is 0 Å². The molecule has 3 heterocycles. The van der Waals surface area contributed by atoms with Gasteiger partial charge in [0.2, 0.25) is 5.95 Å². The Morgan fingerprint density at radius 1 is 0.857 bits per heavy atom. The molecule has 0 unspecified atom stereocenters. The molecule has 0 aliphatic carbocycles. The first-order valence-electron chi connectivity index (χ1n) is 11.8. The number of amides is 1. The van der Waals surface area contributed by atoms with Crippen molar-refractivity contribution in [3.63, 3.8) is 0 Å². The molecule has 35 heavy (non-hydrogen) atoms. The summed E-state index contributed by atoms with van der Waals surface area (Å²) in [6, 6.07) is 9.51. The first kappa shape index (κ1) is 24.5. The van der Waals surface area contributed by atoms with Crippen molar-refractivity contribution in [1.29, 1.82) is 0 Å². The highest BCUT2D eigenvalue weighted by Crippen LogP contribution is 2.31. The Balaban J connectivity index is 1.57. The van der Waals surface area contributed by atoms with Crippen LogP contribution in [0.4, 0.5) is 15.5 Å². The molecule has 186 valence electrons. The summed E-state index contributed by atoms with van der Waals surface area (Å²) in [7, 11) is 0. The predicted molar refractivity (Wildman–Crippen MR) is 135 cm³/mol. The van der Waals surface area contributed by atoms with Crippen LogP contribution in [0.5, 0.6) is 0 Å². The van der Waals surface area contributed by atoms with Crippen molar-refractivity contribution < 1.29 is 19.1 Å². The van der Waals surface area contributed by atoms with Gasteiger partial charge in [-0.1, -0.05) is 18.2 Å². The van der Waals surface area contributed by atoms with Gasteiger partial charge in [0.05, 0.1) is 11.2 Å². The number of para-hydroxylation sites is 1. The van der Waals surface area contributed by atoms with Crippen LogP contribution in [0.25, 0.3) is 22.2 Å². The Kier molecular flexibility index (Phi) is 6.44. The number of carbonyl (C=O) groups is 2. The van der Waals surface area contributed by atoms with Gasteiger partial charge in [-0.2, -0.15) is 0 Å². The van der Waals surface area contributed by atoms with Crippen LogP contribution in [-0.4, -0.2) is 69.0 Å². The minimum absolute atomic E-state index is 0.304. The molecule has 0 saturated carbocycles. The second kappa shape index (κ2) is 9.20. The van der Waals surface area contributed by atoms with Crippen LogP contribution in [0.2, 0.25) is 0 Å². The lowest BCUT2D eigenvalue weighted by Crippen LogP contribution is -2.50. The van der Waals surface area contributed by atoms with E-state index in [0.29, 0.717) is 37.8 Å². The van der Waals surface area contributed by atoms with E-state index in [0.717, 1.165) is 16.5 Å². The summed E-state index contributed by atoms with van der Waals surface area (Å²) in [5, 5.41) is 0.901. The topological polar surface area (TPSA) is 89.8 Å². The summed E-state index contributed by atoms with van der Waals surface area (Å²) in [6.07, 6.45) is 2.75. The van der Waals surface area contributed by atoms with Crippen LogP contribution in [0.1, 0.15) is 41.5 Å². The molecule has 4 rings (SSSR count). The van der Waals surface area contributed by atoms with E-state index >= 15 is 0 Å². The molecule has 1 aliphatic rings. The van der Waals surface area contributed by atoms with E-state index in [1.54, 1.807) is 17.3 Å². The number of anilines is 1. The molecule has 3 aromatic rings. The molecular weight excluding hydrogens is 446 g/mol. The summed E-state index contributed by atoms with van der Waals surface area (Å²) in [5.74, 6) is 0.584. The molecule has 1 saturated heterocycles. The molecule has 0 atom stereocenters.